The second kappa shape index (κ2) is 5.74. The molecule has 0 radical (unpaired) electrons. The van der Waals surface area contributed by atoms with Gasteiger partial charge in [0.25, 0.3) is 0 Å². The molecule has 3 nitrogen and oxygen atoms in total. The molecule has 1 N–H and O–H groups in total. The summed E-state index contributed by atoms with van der Waals surface area (Å²) in [5.74, 6) is 0. The first-order chi connectivity index (χ1) is 8.72. The highest BCUT2D eigenvalue weighted by molar-refractivity contribution is 5.97. The Morgan fingerprint density at radius 1 is 1.28 bits per heavy atom. The van der Waals surface area contributed by atoms with Crippen molar-refractivity contribution in [1.29, 1.82) is 5.41 Å². The SMILES string of the molecule is CN(C)C/C=C1\CCC(C=N)=C1c1ccncc1. The fourth-order valence-electron chi connectivity index (χ4n) is 2.26. The van der Waals surface area contributed by atoms with Gasteiger partial charge in [0.2, 0.25) is 0 Å². The monoisotopic (exact) mass is 241 g/mol. The highest BCUT2D eigenvalue weighted by atomic mass is 15.0. The zero-order chi connectivity index (χ0) is 13.0. The molecular weight excluding hydrogens is 222 g/mol. The largest absolute Gasteiger partial charge is 0.308 e. The van der Waals surface area contributed by atoms with Crippen molar-refractivity contribution < 1.29 is 0 Å². The zero-order valence-corrected chi connectivity index (χ0v) is 11.0. The standard InChI is InChI=1S/C15H19N3/c1-18(2)10-7-12-3-4-14(11-16)15(12)13-5-8-17-9-6-13/h5-9,11,16H,3-4,10H2,1-2H3/b12-7+,16-11?. The van der Waals surface area contributed by atoms with Crippen LogP contribution in [-0.2, 0) is 0 Å². The molecule has 18 heavy (non-hydrogen) atoms. The Hall–Kier alpha value is -1.74. The quantitative estimate of drug-likeness (QED) is 0.823. The summed E-state index contributed by atoms with van der Waals surface area (Å²) < 4.78 is 0. The average Bonchev–Trinajstić information content (AvgIpc) is 2.80. The molecule has 1 aromatic rings. The summed E-state index contributed by atoms with van der Waals surface area (Å²) in [6.07, 6.45) is 9.40. The lowest BCUT2D eigenvalue weighted by atomic mass is 9.99. The number of pyridine rings is 1. The number of hydrogen-bond acceptors (Lipinski definition) is 3. The molecule has 1 aliphatic rings. The molecular formula is C15H19N3. The second-order valence-corrected chi connectivity index (χ2v) is 4.77. The van der Waals surface area contributed by atoms with E-state index in [0.717, 1.165) is 25.0 Å². The third-order valence-electron chi connectivity index (χ3n) is 3.15. The molecule has 3 heteroatoms. The van der Waals surface area contributed by atoms with E-state index in [4.69, 9.17) is 5.41 Å². The Bertz CT molecular complexity index is 484. The van der Waals surface area contributed by atoms with Gasteiger partial charge in [-0.1, -0.05) is 6.08 Å². The van der Waals surface area contributed by atoms with Gasteiger partial charge in [-0.3, -0.25) is 4.98 Å². The molecule has 0 bridgehead atoms. The van der Waals surface area contributed by atoms with Crippen LogP contribution < -0.4 is 0 Å². The predicted octanol–water partition coefficient (Wildman–Crippen LogP) is 2.77. The van der Waals surface area contributed by atoms with Gasteiger partial charge in [-0.2, -0.15) is 0 Å². The Labute approximate surface area is 108 Å². The summed E-state index contributed by atoms with van der Waals surface area (Å²) in [6.45, 7) is 0.940. The van der Waals surface area contributed by atoms with Gasteiger partial charge < -0.3 is 10.3 Å². The van der Waals surface area contributed by atoms with Gasteiger partial charge in [0.05, 0.1) is 0 Å². The van der Waals surface area contributed by atoms with Gasteiger partial charge >= 0.3 is 0 Å². The first-order valence-electron chi connectivity index (χ1n) is 6.20. The van der Waals surface area contributed by atoms with Crippen LogP contribution in [0.5, 0.6) is 0 Å². The van der Waals surface area contributed by atoms with Crippen molar-refractivity contribution in [3.05, 3.63) is 47.3 Å². The van der Waals surface area contributed by atoms with Gasteiger partial charge in [-0.25, -0.2) is 0 Å². The van der Waals surface area contributed by atoms with Crippen LogP contribution in [0.15, 0.2) is 41.7 Å². The Morgan fingerprint density at radius 2 is 2.00 bits per heavy atom. The van der Waals surface area contributed by atoms with Crippen LogP contribution in [-0.4, -0.2) is 36.7 Å². The van der Waals surface area contributed by atoms with Crippen molar-refractivity contribution >= 4 is 11.8 Å². The molecule has 0 spiro atoms. The minimum atomic E-state index is 0.940. The minimum absolute atomic E-state index is 0.940. The second-order valence-electron chi connectivity index (χ2n) is 4.77. The fourth-order valence-corrected chi connectivity index (χ4v) is 2.26. The van der Waals surface area contributed by atoms with Crippen LogP contribution in [0.4, 0.5) is 0 Å². The maximum Gasteiger partial charge on any atom is 0.0273 e. The molecule has 1 aromatic heterocycles. The van der Waals surface area contributed by atoms with Crippen molar-refractivity contribution in [2.24, 2.45) is 0 Å². The molecule has 0 aliphatic heterocycles. The van der Waals surface area contributed by atoms with E-state index in [2.05, 4.69) is 30.1 Å². The predicted molar refractivity (Wildman–Crippen MR) is 75.8 cm³/mol. The molecule has 1 aliphatic carbocycles. The summed E-state index contributed by atoms with van der Waals surface area (Å²) in [7, 11) is 4.14. The molecule has 0 aromatic carbocycles. The highest BCUT2D eigenvalue weighted by Gasteiger charge is 2.19. The number of rotatable bonds is 4. The van der Waals surface area contributed by atoms with E-state index >= 15 is 0 Å². The van der Waals surface area contributed by atoms with Gasteiger partial charge in [0.1, 0.15) is 0 Å². The summed E-state index contributed by atoms with van der Waals surface area (Å²) in [4.78, 5) is 6.21. The van der Waals surface area contributed by atoms with Crippen LogP contribution in [0, 0.1) is 5.41 Å². The van der Waals surface area contributed by atoms with Gasteiger partial charge in [0, 0.05) is 25.2 Å². The molecule has 0 saturated heterocycles. The van der Waals surface area contributed by atoms with Crippen LogP contribution in [0.25, 0.3) is 5.57 Å². The lowest BCUT2D eigenvalue weighted by molar-refractivity contribution is 0.455. The van der Waals surface area contributed by atoms with E-state index < -0.39 is 0 Å². The van der Waals surface area contributed by atoms with Crippen LogP contribution >= 0.6 is 0 Å². The Kier molecular flexibility index (Phi) is 4.05. The molecule has 1 heterocycles. The van der Waals surface area contributed by atoms with Gasteiger partial charge in [-0.05, 0) is 61.4 Å². The lowest BCUT2D eigenvalue weighted by Crippen LogP contribution is -2.11. The average molecular weight is 241 g/mol. The number of allylic oxidation sites excluding steroid dienone is 3. The highest BCUT2D eigenvalue weighted by Crippen LogP contribution is 2.37. The van der Waals surface area contributed by atoms with Crippen LogP contribution in [0.3, 0.4) is 0 Å². The number of hydrogen-bond donors (Lipinski definition) is 1. The van der Waals surface area contributed by atoms with Crippen LogP contribution in [0.2, 0.25) is 0 Å². The van der Waals surface area contributed by atoms with Crippen molar-refractivity contribution in [1.82, 2.24) is 9.88 Å². The van der Waals surface area contributed by atoms with Crippen molar-refractivity contribution in [2.45, 2.75) is 12.8 Å². The first-order valence-corrected chi connectivity index (χ1v) is 6.20. The molecule has 0 saturated carbocycles. The number of likely N-dealkylation sites (N-methyl/N-ethyl adjacent to an activating group) is 1. The maximum atomic E-state index is 7.55. The van der Waals surface area contributed by atoms with Crippen LogP contribution in [0.1, 0.15) is 18.4 Å². The van der Waals surface area contributed by atoms with Gasteiger partial charge in [0.15, 0.2) is 0 Å². The molecule has 0 amide bonds. The smallest absolute Gasteiger partial charge is 0.0273 e. The van der Waals surface area contributed by atoms with Crippen molar-refractivity contribution in [3.8, 4) is 0 Å². The fraction of sp³-hybridized carbons (Fsp3) is 0.333. The van der Waals surface area contributed by atoms with Gasteiger partial charge in [-0.15, -0.1) is 0 Å². The summed E-state index contributed by atoms with van der Waals surface area (Å²) in [6, 6.07) is 4.04. The van der Waals surface area contributed by atoms with Crippen molar-refractivity contribution in [2.75, 3.05) is 20.6 Å². The molecule has 0 fully saturated rings. The molecule has 94 valence electrons. The van der Waals surface area contributed by atoms with E-state index in [-0.39, 0.29) is 0 Å². The molecule has 0 unspecified atom stereocenters. The Morgan fingerprint density at radius 3 is 2.61 bits per heavy atom. The number of aromatic nitrogens is 1. The number of nitrogens with zero attached hydrogens (tertiary/aromatic N) is 2. The van der Waals surface area contributed by atoms with E-state index in [0.29, 0.717) is 0 Å². The Balaban J connectivity index is 2.37. The topological polar surface area (TPSA) is 40.0 Å². The zero-order valence-electron chi connectivity index (χ0n) is 11.0. The minimum Gasteiger partial charge on any atom is -0.308 e. The first kappa shape index (κ1) is 12.7. The number of nitrogens with one attached hydrogen (secondary N) is 1. The van der Waals surface area contributed by atoms with E-state index in [1.807, 2.05) is 24.5 Å². The molecule has 2 rings (SSSR count). The van der Waals surface area contributed by atoms with E-state index in [1.54, 1.807) is 0 Å². The lowest BCUT2D eigenvalue weighted by Gasteiger charge is -2.10. The maximum absolute atomic E-state index is 7.55. The summed E-state index contributed by atoms with van der Waals surface area (Å²) in [5, 5.41) is 7.55. The summed E-state index contributed by atoms with van der Waals surface area (Å²) in [5.41, 5.74) is 4.89. The van der Waals surface area contributed by atoms with E-state index in [1.165, 1.54) is 22.9 Å². The normalized spacial score (nSPS) is 17.8. The van der Waals surface area contributed by atoms with E-state index in [9.17, 15) is 0 Å². The third-order valence-corrected chi connectivity index (χ3v) is 3.15. The van der Waals surface area contributed by atoms with Crippen molar-refractivity contribution in [3.63, 3.8) is 0 Å². The molecule has 0 atom stereocenters. The third kappa shape index (κ3) is 2.74. The summed E-state index contributed by atoms with van der Waals surface area (Å²) >= 11 is 0.